The molecule has 0 fully saturated rings. The molecule has 0 amide bonds. The van der Waals surface area contributed by atoms with Crippen LogP contribution in [0.4, 0.5) is 13.2 Å². The number of thiazole rings is 1. The highest BCUT2D eigenvalue weighted by atomic mass is 127. The highest BCUT2D eigenvalue weighted by Gasteiger charge is 2.33. The molecule has 0 unspecified atom stereocenters. The summed E-state index contributed by atoms with van der Waals surface area (Å²) in [6.45, 7) is 0.849. The van der Waals surface area contributed by atoms with Crippen molar-refractivity contribution in [2.24, 2.45) is 4.99 Å². The Balaban J connectivity index is 0.00000576. The minimum Gasteiger partial charge on any atom is -0.379 e. The molecular weight excluding hydrogens is 496 g/mol. The predicted octanol–water partition coefficient (Wildman–Crippen LogP) is 1.51. The number of halogens is 4. The van der Waals surface area contributed by atoms with E-state index in [1.165, 1.54) is 7.05 Å². The number of guanidine groups is 1. The Bertz CT molecular complexity index is 650. The smallest absolute Gasteiger partial charge is 0.379 e. The standard InChI is InChI=1S/C12H19F3N4O3S2.HI/c1-16-11(17-3-4-22-5-6-24(2,20)21)18-7-10-19-9(8-23-10)12(13,14)15;/h8H,3-7H2,1-2H3,(H2,16,17,18);1H. The van der Waals surface area contributed by atoms with Crippen LogP contribution in [0.25, 0.3) is 0 Å². The Labute approximate surface area is 165 Å². The molecule has 0 atom stereocenters. The number of hydrogen-bond donors (Lipinski definition) is 2. The van der Waals surface area contributed by atoms with Crippen molar-refractivity contribution >= 4 is 51.1 Å². The van der Waals surface area contributed by atoms with Crippen molar-refractivity contribution in [1.82, 2.24) is 15.6 Å². The van der Waals surface area contributed by atoms with Crippen molar-refractivity contribution in [2.75, 3.05) is 38.8 Å². The molecule has 13 heteroatoms. The van der Waals surface area contributed by atoms with E-state index in [0.717, 1.165) is 23.0 Å². The fourth-order valence-electron chi connectivity index (χ4n) is 1.46. The summed E-state index contributed by atoms with van der Waals surface area (Å²) in [5.41, 5.74) is -0.911. The number of ether oxygens (including phenoxy) is 1. The molecule has 0 bridgehead atoms. The summed E-state index contributed by atoms with van der Waals surface area (Å²) in [6.07, 6.45) is -3.32. The summed E-state index contributed by atoms with van der Waals surface area (Å²) in [4.78, 5) is 7.41. The highest BCUT2D eigenvalue weighted by Crippen LogP contribution is 2.29. The van der Waals surface area contributed by atoms with Crippen molar-refractivity contribution in [3.63, 3.8) is 0 Å². The van der Waals surface area contributed by atoms with Crippen LogP contribution in [0.5, 0.6) is 0 Å². The average Bonchev–Trinajstić information content (AvgIpc) is 2.93. The van der Waals surface area contributed by atoms with Crippen LogP contribution >= 0.6 is 35.3 Å². The number of aliphatic imine (C=N–C) groups is 1. The van der Waals surface area contributed by atoms with Gasteiger partial charge in [-0.3, -0.25) is 4.99 Å². The maximum absolute atomic E-state index is 12.4. The van der Waals surface area contributed by atoms with Gasteiger partial charge in [0.05, 0.1) is 25.5 Å². The predicted molar refractivity (Wildman–Crippen MR) is 101 cm³/mol. The van der Waals surface area contributed by atoms with E-state index in [1.807, 2.05) is 0 Å². The van der Waals surface area contributed by atoms with Crippen LogP contribution in [0, 0.1) is 0 Å². The third-order valence-corrected chi connectivity index (χ3v) is 4.37. The first kappa shape index (κ1) is 24.3. The van der Waals surface area contributed by atoms with Crippen LogP contribution in [-0.2, 0) is 27.3 Å². The van der Waals surface area contributed by atoms with E-state index in [2.05, 4.69) is 20.6 Å². The molecule has 1 aromatic rings. The van der Waals surface area contributed by atoms with Gasteiger partial charge in [0.2, 0.25) is 0 Å². The van der Waals surface area contributed by atoms with Gasteiger partial charge in [-0.05, 0) is 0 Å². The van der Waals surface area contributed by atoms with Crippen molar-refractivity contribution in [2.45, 2.75) is 12.7 Å². The van der Waals surface area contributed by atoms with E-state index >= 15 is 0 Å². The molecule has 0 saturated heterocycles. The van der Waals surface area contributed by atoms with Gasteiger partial charge in [-0.1, -0.05) is 0 Å². The first-order valence-electron chi connectivity index (χ1n) is 6.83. The Morgan fingerprint density at radius 3 is 2.56 bits per heavy atom. The van der Waals surface area contributed by atoms with Crippen molar-refractivity contribution in [3.8, 4) is 0 Å². The maximum atomic E-state index is 12.4. The van der Waals surface area contributed by atoms with Crippen LogP contribution in [0.2, 0.25) is 0 Å². The van der Waals surface area contributed by atoms with Gasteiger partial charge < -0.3 is 15.4 Å². The van der Waals surface area contributed by atoms with Crippen LogP contribution in [-0.4, -0.2) is 58.2 Å². The molecule has 0 saturated carbocycles. The van der Waals surface area contributed by atoms with E-state index in [4.69, 9.17) is 4.74 Å². The van der Waals surface area contributed by atoms with Crippen LogP contribution in [0.1, 0.15) is 10.7 Å². The number of hydrogen-bond acceptors (Lipinski definition) is 6. The fraction of sp³-hybridized carbons (Fsp3) is 0.667. The summed E-state index contributed by atoms with van der Waals surface area (Å²) < 4.78 is 64.3. The Morgan fingerprint density at radius 2 is 2.04 bits per heavy atom. The van der Waals surface area contributed by atoms with Crippen molar-refractivity contribution in [1.29, 1.82) is 0 Å². The van der Waals surface area contributed by atoms with Crippen molar-refractivity contribution < 1.29 is 26.3 Å². The number of alkyl halides is 3. The summed E-state index contributed by atoms with van der Waals surface area (Å²) in [7, 11) is -1.53. The molecule has 0 radical (unpaired) electrons. The first-order valence-corrected chi connectivity index (χ1v) is 9.77. The number of aromatic nitrogens is 1. The first-order chi connectivity index (χ1) is 11.1. The van der Waals surface area contributed by atoms with E-state index in [0.29, 0.717) is 12.5 Å². The second-order valence-electron chi connectivity index (χ2n) is 4.72. The molecule has 2 N–H and O–H groups in total. The van der Waals surface area contributed by atoms with Gasteiger partial charge in [0.1, 0.15) is 14.8 Å². The molecule has 0 aliphatic carbocycles. The molecule has 0 aliphatic rings. The van der Waals surface area contributed by atoms with E-state index in [1.54, 1.807) is 0 Å². The van der Waals surface area contributed by atoms with Crippen LogP contribution in [0.3, 0.4) is 0 Å². The Hall–Kier alpha value is -0.670. The number of nitrogens with zero attached hydrogens (tertiary/aromatic N) is 2. The summed E-state index contributed by atoms with van der Waals surface area (Å²) in [5, 5.41) is 6.97. The molecule has 0 spiro atoms. The molecule has 0 aliphatic heterocycles. The fourth-order valence-corrected chi connectivity index (χ4v) is 2.62. The molecule has 1 aromatic heterocycles. The van der Waals surface area contributed by atoms with E-state index in [9.17, 15) is 21.6 Å². The lowest BCUT2D eigenvalue weighted by molar-refractivity contribution is -0.140. The number of nitrogens with one attached hydrogen (secondary N) is 2. The minimum atomic E-state index is -4.45. The molecule has 25 heavy (non-hydrogen) atoms. The van der Waals surface area contributed by atoms with E-state index < -0.39 is 21.7 Å². The van der Waals surface area contributed by atoms with Gasteiger partial charge in [0, 0.05) is 25.2 Å². The summed E-state index contributed by atoms with van der Waals surface area (Å²) >= 11 is 0.908. The van der Waals surface area contributed by atoms with Gasteiger partial charge in [0.25, 0.3) is 0 Å². The van der Waals surface area contributed by atoms with Crippen molar-refractivity contribution in [3.05, 3.63) is 16.1 Å². The topological polar surface area (TPSA) is 92.7 Å². The monoisotopic (exact) mass is 516 g/mol. The quantitative estimate of drug-likeness (QED) is 0.236. The Kier molecular flexibility index (Phi) is 10.8. The summed E-state index contributed by atoms with van der Waals surface area (Å²) in [6, 6.07) is 0. The number of sulfone groups is 1. The second-order valence-corrected chi connectivity index (χ2v) is 7.92. The Morgan fingerprint density at radius 1 is 1.36 bits per heavy atom. The average molecular weight is 516 g/mol. The molecule has 0 aromatic carbocycles. The highest BCUT2D eigenvalue weighted by molar-refractivity contribution is 14.0. The molecular formula is C12H20F3IN4O3S2. The zero-order valence-electron chi connectivity index (χ0n) is 13.6. The van der Waals surface area contributed by atoms with Gasteiger partial charge in [0.15, 0.2) is 11.7 Å². The molecule has 7 nitrogen and oxygen atoms in total. The van der Waals surface area contributed by atoms with Gasteiger partial charge in [-0.2, -0.15) is 13.2 Å². The summed E-state index contributed by atoms with van der Waals surface area (Å²) in [5.74, 6) is 0.330. The van der Waals surface area contributed by atoms with Crippen LogP contribution < -0.4 is 10.6 Å². The third-order valence-electron chi connectivity index (χ3n) is 2.61. The lowest BCUT2D eigenvalue weighted by Gasteiger charge is -2.11. The maximum Gasteiger partial charge on any atom is 0.434 e. The van der Waals surface area contributed by atoms with E-state index in [-0.39, 0.29) is 54.5 Å². The molecule has 1 heterocycles. The second kappa shape index (κ2) is 11.1. The largest absolute Gasteiger partial charge is 0.434 e. The van der Waals surface area contributed by atoms with Gasteiger partial charge in [-0.25, -0.2) is 13.4 Å². The lowest BCUT2D eigenvalue weighted by Crippen LogP contribution is -2.38. The van der Waals surface area contributed by atoms with Gasteiger partial charge >= 0.3 is 6.18 Å². The molecule has 146 valence electrons. The third kappa shape index (κ3) is 10.8. The normalized spacial score (nSPS) is 12.6. The lowest BCUT2D eigenvalue weighted by atomic mass is 10.5. The minimum absolute atomic E-state index is 0. The van der Waals surface area contributed by atoms with Crippen LogP contribution in [0.15, 0.2) is 10.4 Å². The molecule has 1 rings (SSSR count). The zero-order valence-corrected chi connectivity index (χ0v) is 17.6. The van der Waals surface area contributed by atoms with Gasteiger partial charge in [-0.15, -0.1) is 35.3 Å². The zero-order chi connectivity index (χ0) is 18.2. The number of rotatable bonds is 8. The SMILES string of the molecule is CN=C(NCCOCCS(C)(=O)=O)NCc1nc(C(F)(F)F)cs1.I.